The standard InChI is InChI=1S/C14H18F2N2O2/c1-9(10-4-2-3-5-10)17-13-7-6-11(18(19)20)8-12(13)14(15)16/h6-10,14,17H,2-5H2,1H3. The Labute approximate surface area is 116 Å². The summed E-state index contributed by atoms with van der Waals surface area (Å²) in [6, 6.07) is 3.69. The molecular weight excluding hydrogens is 266 g/mol. The third kappa shape index (κ3) is 3.23. The third-order valence-electron chi connectivity index (χ3n) is 3.97. The molecule has 0 radical (unpaired) electrons. The quantitative estimate of drug-likeness (QED) is 0.638. The number of nitrogens with zero attached hydrogens (tertiary/aromatic N) is 1. The monoisotopic (exact) mass is 284 g/mol. The molecule has 1 aliphatic rings. The molecule has 0 bridgehead atoms. The molecule has 1 unspecified atom stereocenters. The number of nitrogens with one attached hydrogen (secondary N) is 1. The summed E-state index contributed by atoms with van der Waals surface area (Å²) in [5, 5.41) is 13.8. The fraction of sp³-hybridized carbons (Fsp3) is 0.571. The van der Waals surface area contributed by atoms with Crippen LogP contribution in [0.2, 0.25) is 0 Å². The lowest BCUT2D eigenvalue weighted by atomic mass is 9.99. The second-order valence-electron chi connectivity index (χ2n) is 5.31. The van der Waals surface area contributed by atoms with Crippen molar-refractivity contribution < 1.29 is 13.7 Å². The van der Waals surface area contributed by atoms with Gasteiger partial charge in [0.05, 0.1) is 4.92 Å². The van der Waals surface area contributed by atoms with Crippen molar-refractivity contribution in [2.75, 3.05) is 5.32 Å². The molecule has 1 aliphatic carbocycles. The van der Waals surface area contributed by atoms with Gasteiger partial charge in [0.25, 0.3) is 12.1 Å². The van der Waals surface area contributed by atoms with Crippen molar-refractivity contribution >= 4 is 11.4 Å². The number of nitro benzene ring substituents is 1. The largest absolute Gasteiger partial charge is 0.382 e. The molecule has 1 aromatic rings. The Balaban J connectivity index is 2.19. The van der Waals surface area contributed by atoms with E-state index in [0.717, 1.165) is 18.9 Å². The van der Waals surface area contributed by atoms with Crippen molar-refractivity contribution in [3.05, 3.63) is 33.9 Å². The zero-order valence-corrected chi connectivity index (χ0v) is 11.3. The predicted octanol–water partition coefficient (Wildman–Crippen LogP) is 4.52. The van der Waals surface area contributed by atoms with E-state index >= 15 is 0 Å². The first kappa shape index (κ1) is 14.7. The predicted molar refractivity (Wildman–Crippen MR) is 73.1 cm³/mol. The maximum absolute atomic E-state index is 13.0. The Hall–Kier alpha value is -1.72. The van der Waals surface area contributed by atoms with Crippen LogP contribution in [0.1, 0.15) is 44.6 Å². The van der Waals surface area contributed by atoms with Crippen molar-refractivity contribution in [3.63, 3.8) is 0 Å². The first-order valence-corrected chi connectivity index (χ1v) is 6.82. The molecular formula is C14H18F2N2O2. The van der Waals surface area contributed by atoms with E-state index in [1.165, 1.54) is 25.0 Å². The first-order chi connectivity index (χ1) is 9.49. The van der Waals surface area contributed by atoms with Crippen LogP contribution in [0.5, 0.6) is 0 Å². The molecule has 6 heteroatoms. The van der Waals surface area contributed by atoms with Crippen molar-refractivity contribution in [3.8, 4) is 0 Å². The van der Waals surface area contributed by atoms with Gasteiger partial charge in [-0.2, -0.15) is 0 Å². The number of anilines is 1. The zero-order valence-electron chi connectivity index (χ0n) is 11.3. The zero-order chi connectivity index (χ0) is 14.7. The van der Waals surface area contributed by atoms with E-state index in [9.17, 15) is 18.9 Å². The van der Waals surface area contributed by atoms with Crippen LogP contribution in [0.4, 0.5) is 20.2 Å². The number of nitro groups is 1. The van der Waals surface area contributed by atoms with E-state index in [4.69, 9.17) is 0 Å². The molecule has 0 aromatic heterocycles. The summed E-state index contributed by atoms with van der Waals surface area (Å²) in [6.45, 7) is 1.98. The van der Waals surface area contributed by atoms with E-state index in [-0.39, 0.29) is 17.3 Å². The van der Waals surface area contributed by atoms with E-state index in [1.54, 1.807) is 0 Å². The summed E-state index contributed by atoms with van der Waals surface area (Å²) >= 11 is 0. The van der Waals surface area contributed by atoms with Crippen molar-refractivity contribution in [2.45, 2.75) is 45.1 Å². The highest BCUT2D eigenvalue weighted by atomic mass is 19.3. The minimum Gasteiger partial charge on any atom is -0.382 e. The summed E-state index contributed by atoms with van der Waals surface area (Å²) in [6.07, 6.45) is 1.83. The topological polar surface area (TPSA) is 55.2 Å². The van der Waals surface area contributed by atoms with Gasteiger partial charge in [0.1, 0.15) is 0 Å². The number of halogens is 2. The molecule has 0 amide bonds. The van der Waals surface area contributed by atoms with Gasteiger partial charge in [-0.15, -0.1) is 0 Å². The summed E-state index contributed by atoms with van der Waals surface area (Å²) in [5.41, 5.74) is -0.312. The van der Waals surface area contributed by atoms with E-state index in [0.29, 0.717) is 11.6 Å². The molecule has 1 atom stereocenters. The number of hydrogen-bond acceptors (Lipinski definition) is 3. The molecule has 2 rings (SSSR count). The second kappa shape index (κ2) is 6.15. The molecule has 1 aromatic carbocycles. The number of hydrogen-bond donors (Lipinski definition) is 1. The smallest absolute Gasteiger partial charge is 0.270 e. The maximum atomic E-state index is 13.0. The first-order valence-electron chi connectivity index (χ1n) is 6.82. The summed E-state index contributed by atoms with van der Waals surface area (Å²) in [5.74, 6) is 0.482. The molecule has 0 heterocycles. The summed E-state index contributed by atoms with van der Waals surface area (Å²) < 4.78 is 26.1. The highest BCUT2D eigenvalue weighted by molar-refractivity contribution is 5.57. The van der Waals surface area contributed by atoms with Gasteiger partial charge in [0.2, 0.25) is 0 Å². The molecule has 110 valence electrons. The lowest BCUT2D eigenvalue weighted by molar-refractivity contribution is -0.385. The minimum absolute atomic E-state index is 0.0939. The van der Waals surface area contributed by atoms with E-state index < -0.39 is 11.3 Å². The fourth-order valence-electron chi connectivity index (χ4n) is 2.80. The average Bonchev–Trinajstić information content (AvgIpc) is 2.92. The van der Waals surface area contributed by atoms with Crippen LogP contribution in [0.15, 0.2) is 18.2 Å². The molecule has 1 saturated carbocycles. The lowest BCUT2D eigenvalue weighted by Gasteiger charge is -2.23. The molecule has 0 aliphatic heterocycles. The van der Waals surface area contributed by atoms with Gasteiger partial charge in [0, 0.05) is 29.4 Å². The SMILES string of the molecule is CC(Nc1ccc([N+](=O)[O-])cc1C(F)F)C1CCCC1. The summed E-state index contributed by atoms with van der Waals surface area (Å²) in [7, 11) is 0. The number of non-ortho nitro benzene ring substituents is 1. The van der Waals surface area contributed by atoms with Crippen LogP contribution < -0.4 is 5.32 Å². The maximum Gasteiger partial charge on any atom is 0.270 e. The van der Waals surface area contributed by atoms with Gasteiger partial charge >= 0.3 is 0 Å². The van der Waals surface area contributed by atoms with E-state index in [2.05, 4.69) is 5.32 Å². The Morgan fingerprint density at radius 2 is 2.00 bits per heavy atom. The van der Waals surface area contributed by atoms with Crippen LogP contribution in [-0.4, -0.2) is 11.0 Å². The second-order valence-corrected chi connectivity index (χ2v) is 5.31. The Morgan fingerprint density at radius 3 is 2.55 bits per heavy atom. The van der Waals surface area contributed by atoms with Gasteiger partial charge in [-0.05, 0) is 31.7 Å². The molecule has 0 spiro atoms. The van der Waals surface area contributed by atoms with E-state index in [1.807, 2.05) is 6.92 Å². The summed E-state index contributed by atoms with van der Waals surface area (Å²) in [4.78, 5) is 10.0. The Kier molecular flexibility index (Phi) is 4.52. The normalized spacial score (nSPS) is 17.4. The minimum atomic E-state index is -2.73. The number of benzene rings is 1. The molecule has 4 nitrogen and oxygen atoms in total. The van der Waals surface area contributed by atoms with Crippen molar-refractivity contribution in [1.82, 2.24) is 0 Å². The van der Waals surface area contributed by atoms with Crippen molar-refractivity contribution in [1.29, 1.82) is 0 Å². The molecule has 20 heavy (non-hydrogen) atoms. The van der Waals surface area contributed by atoms with Gasteiger partial charge in [-0.25, -0.2) is 8.78 Å². The lowest BCUT2D eigenvalue weighted by Crippen LogP contribution is -2.24. The molecule has 0 saturated heterocycles. The van der Waals surface area contributed by atoms with Crippen molar-refractivity contribution in [2.24, 2.45) is 5.92 Å². The van der Waals surface area contributed by atoms with Gasteiger partial charge in [-0.3, -0.25) is 10.1 Å². The average molecular weight is 284 g/mol. The Morgan fingerprint density at radius 1 is 1.35 bits per heavy atom. The van der Waals surface area contributed by atoms with Crippen LogP contribution >= 0.6 is 0 Å². The highest BCUT2D eigenvalue weighted by Crippen LogP contribution is 2.34. The van der Waals surface area contributed by atoms with Crippen LogP contribution in [0, 0.1) is 16.0 Å². The number of rotatable bonds is 5. The third-order valence-corrected chi connectivity index (χ3v) is 3.97. The molecule has 1 N–H and O–H groups in total. The fourth-order valence-corrected chi connectivity index (χ4v) is 2.80. The highest BCUT2D eigenvalue weighted by Gasteiger charge is 2.24. The van der Waals surface area contributed by atoms with Gasteiger partial charge < -0.3 is 5.32 Å². The Bertz CT molecular complexity index is 488. The van der Waals surface area contributed by atoms with Crippen LogP contribution in [-0.2, 0) is 0 Å². The van der Waals surface area contributed by atoms with Gasteiger partial charge in [0.15, 0.2) is 0 Å². The molecule has 1 fully saturated rings. The number of alkyl halides is 2. The van der Waals surface area contributed by atoms with Gasteiger partial charge in [-0.1, -0.05) is 12.8 Å². The van der Waals surface area contributed by atoms with Crippen LogP contribution in [0.25, 0.3) is 0 Å². The van der Waals surface area contributed by atoms with Crippen LogP contribution in [0.3, 0.4) is 0 Å².